The molecule has 0 saturated carbocycles. The van der Waals surface area contributed by atoms with Gasteiger partial charge in [0.05, 0.1) is 13.7 Å². The molecule has 0 aromatic heterocycles. The number of halogens is 2. The summed E-state index contributed by atoms with van der Waals surface area (Å²) in [6.07, 6.45) is -3.46. The zero-order chi connectivity index (χ0) is 14.9. The number of ether oxygens (including phenoxy) is 2. The lowest BCUT2D eigenvalue weighted by molar-refractivity contribution is -0.159. The second-order valence-corrected chi connectivity index (χ2v) is 4.52. The van der Waals surface area contributed by atoms with E-state index in [0.29, 0.717) is 11.3 Å². The van der Waals surface area contributed by atoms with E-state index in [2.05, 4.69) is 4.74 Å². The number of fused-ring (bicyclic) bond motifs is 1. The Morgan fingerprint density at radius 3 is 2.70 bits per heavy atom. The van der Waals surface area contributed by atoms with Gasteiger partial charge in [0.1, 0.15) is 5.75 Å². The predicted molar refractivity (Wildman–Crippen MR) is 66.1 cm³/mol. The number of hydrogen-bond donors (Lipinski definition) is 0. The van der Waals surface area contributed by atoms with Gasteiger partial charge < -0.3 is 9.47 Å². The summed E-state index contributed by atoms with van der Waals surface area (Å²) in [5, 5.41) is 0. The molecule has 2 rings (SSSR count). The van der Waals surface area contributed by atoms with E-state index < -0.39 is 23.6 Å². The molecule has 0 fully saturated rings. The van der Waals surface area contributed by atoms with Crippen LogP contribution < -0.4 is 4.74 Å². The van der Waals surface area contributed by atoms with Crippen LogP contribution in [0.5, 0.6) is 5.75 Å². The molecule has 108 valence electrons. The molecule has 0 heterocycles. The van der Waals surface area contributed by atoms with E-state index in [1.807, 2.05) is 0 Å². The number of rotatable bonds is 4. The van der Waals surface area contributed by atoms with E-state index in [4.69, 9.17) is 4.74 Å². The first-order valence-corrected chi connectivity index (χ1v) is 6.14. The van der Waals surface area contributed by atoms with Crippen molar-refractivity contribution in [1.82, 2.24) is 0 Å². The van der Waals surface area contributed by atoms with E-state index in [1.54, 1.807) is 6.07 Å². The number of hydrogen-bond acceptors (Lipinski definition) is 4. The van der Waals surface area contributed by atoms with Gasteiger partial charge in [-0.05, 0) is 24.6 Å². The highest BCUT2D eigenvalue weighted by atomic mass is 19.3. The van der Waals surface area contributed by atoms with Crippen LogP contribution in [0.2, 0.25) is 0 Å². The van der Waals surface area contributed by atoms with Gasteiger partial charge in [0.2, 0.25) is 0 Å². The molecule has 0 amide bonds. The highest BCUT2D eigenvalue weighted by Gasteiger charge is 2.59. The zero-order valence-electron chi connectivity index (χ0n) is 11.1. The SMILES string of the molecule is CCOC(=O)C1(C(F)F)Cc2ccc(OC)cc2C1=O. The van der Waals surface area contributed by atoms with Gasteiger partial charge in [-0.25, -0.2) is 8.78 Å². The fourth-order valence-corrected chi connectivity index (χ4v) is 2.36. The molecule has 1 unspecified atom stereocenters. The molecule has 6 heteroatoms. The summed E-state index contributed by atoms with van der Waals surface area (Å²) in [6, 6.07) is 4.47. The van der Waals surface area contributed by atoms with Crippen molar-refractivity contribution in [3.63, 3.8) is 0 Å². The Hall–Kier alpha value is -1.98. The summed E-state index contributed by atoms with van der Waals surface area (Å²) < 4.78 is 36.5. The Balaban J connectivity index is 2.49. The van der Waals surface area contributed by atoms with Crippen LogP contribution in [-0.4, -0.2) is 31.9 Å². The van der Waals surface area contributed by atoms with Gasteiger partial charge in [0.15, 0.2) is 11.2 Å². The lowest BCUT2D eigenvalue weighted by Crippen LogP contribution is -2.45. The number of alkyl halides is 2. The minimum absolute atomic E-state index is 0.0553. The summed E-state index contributed by atoms with van der Waals surface area (Å²) in [5.74, 6) is -1.69. The standard InChI is InChI=1S/C14H14F2O4/c1-3-20-13(18)14(12(15)16)7-8-4-5-9(19-2)6-10(8)11(14)17/h4-6,12H,3,7H2,1-2H3. The van der Waals surface area contributed by atoms with Crippen molar-refractivity contribution in [3.8, 4) is 5.75 Å². The first-order valence-electron chi connectivity index (χ1n) is 6.14. The molecule has 1 aliphatic rings. The van der Waals surface area contributed by atoms with Gasteiger partial charge in [0.25, 0.3) is 6.43 Å². The van der Waals surface area contributed by atoms with E-state index in [-0.39, 0.29) is 18.6 Å². The fraction of sp³-hybridized carbons (Fsp3) is 0.429. The molecule has 0 spiro atoms. The maximum absolute atomic E-state index is 13.4. The maximum Gasteiger partial charge on any atom is 0.326 e. The van der Waals surface area contributed by atoms with Crippen molar-refractivity contribution in [2.24, 2.45) is 5.41 Å². The number of carbonyl (C=O) groups is 2. The molecular weight excluding hydrogens is 270 g/mol. The van der Waals surface area contributed by atoms with E-state index in [0.717, 1.165) is 0 Å². The molecule has 4 nitrogen and oxygen atoms in total. The lowest BCUT2D eigenvalue weighted by atomic mass is 9.84. The third-order valence-electron chi connectivity index (χ3n) is 3.45. The largest absolute Gasteiger partial charge is 0.497 e. The molecule has 1 aromatic carbocycles. The van der Waals surface area contributed by atoms with Crippen molar-refractivity contribution < 1.29 is 27.8 Å². The monoisotopic (exact) mass is 284 g/mol. The number of esters is 1. The minimum Gasteiger partial charge on any atom is -0.497 e. The topological polar surface area (TPSA) is 52.6 Å². The third kappa shape index (κ3) is 1.95. The summed E-state index contributed by atoms with van der Waals surface area (Å²) in [4.78, 5) is 24.2. The Morgan fingerprint density at radius 2 is 2.15 bits per heavy atom. The van der Waals surface area contributed by atoms with Crippen LogP contribution in [0.4, 0.5) is 8.78 Å². The normalized spacial score (nSPS) is 20.9. The summed E-state index contributed by atoms with van der Waals surface area (Å²) in [7, 11) is 1.41. The molecule has 0 radical (unpaired) electrons. The van der Waals surface area contributed by atoms with Crippen molar-refractivity contribution in [3.05, 3.63) is 29.3 Å². The summed E-state index contributed by atoms with van der Waals surface area (Å²) in [6.45, 7) is 1.45. The molecule has 0 bridgehead atoms. The smallest absolute Gasteiger partial charge is 0.326 e. The molecule has 1 aromatic rings. The van der Waals surface area contributed by atoms with Crippen molar-refractivity contribution in [2.75, 3.05) is 13.7 Å². The molecule has 1 aliphatic carbocycles. The van der Waals surface area contributed by atoms with Gasteiger partial charge in [-0.3, -0.25) is 9.59 Å². The number of carbonyl (C=O) groups excluding carboxylic acids is 2. The van der Waals surface area contributed by atoms with Crippen molar-refractivity contribution >= 4 is 11.8 Å². The van der Waals surface area contributed by atoms with Crippen LogP contribution >= 0.6 is 0 Å². The van der Waals surface area contributed by atoms with Crippen molar-refractivity contribution in [2.45, 2.75) is 19.8 Å². The van der Waals surface area contributed by atoms with Gasteiger partial charge in [0, 0.05) is 12.0 Å². The number of benzene rings is 1. The van der Waals surface area contributed by atoms with Gasteiger partial charge in [-0.2, -0.15) is 0 Å². The second-order valence-electron chi connectivity index (χ2n) is 4.52. The lowest BCUT2D eigenvalue weighted by Gasteiger charge is -2.23. The van der Waals surface area contributed by atoms with E-state index in [9.17, 15) is 18.4 Å². The number of methoxy groups -OCH3 is 1. The van der Waals surface area contributed by atoms with Gasteiger partial charge in [-0.15, -0.1) is 0 Å². The Morgan fingerprint density at radius 1 is 1.45 bits per heavy atom. The summed E-state index contributed by atoms with van der Waals surface area (Å²) >= 11 is 0. The first-order chi connectivity index (χ1) is 9.47. The van der Waals surface area contributed by atoms with Crippen LogP contribution in [0, 0.1) is 5.41 Å². The van der Waals surface area contributed by atoms with Gasteiger partial charge >= 0.3 is 5.97 Å². The Kier molecular flexibility index (Phi) is 3.74. The molecule has 0 saturated heterocycles. The van der Waals surface area contributed by atoms with Crippen LogP contribution in [0.3, 0.4) is 0 Å². The fourth-order valence-electron chi connectivity index (χ4n) is 2.36. The molecule has 0 aliphatic heterocycles. The quantitative estimate of drug-likeness (QED) is 0.628. The van der Waals surface area contributed by atoms with Crippen LogP contribution in [-0.2, 0) is 16.0 Å². The van der Waals surface area contributed by atoms with Crippen LogP contribution in [0.1, 0.15) is 22.8 Å². The van der Waals surface area contributed by atoms with E-state index >= 15 is 0 Å². The minimum atomic E-state index is -3.12. The first kappa shape index (κ1) is 14.4. The third-order valence-corrected chi connectivity index (χ3v) is 3.45. The average Bonchev–Trinajstić information content (AvgIpc) is 2.73. The molecule has 1 atom stereocenters. The highest BCUT2D eigenvalue weighted by molar-refractivity contribution is 6.16. The maximum atomic E-state index is 13.4. The Bertz CT molecular complexity index is 556. The molecular formula is C14H14F2O4. The van der Waals surface area contributed by atoms with Crippen molar-refractivity contribution in [1.29, 1.82) is 0 Å². The molecule has 20 heavy (non-hydrogen) atoms. The highest BCUT2D eigenvalue weighted by Crippen LogP contribution is 2.43. The zero-order valence-corrected chi connectivity index (χ0v) is 11.1. The average molecular weight is 284 g/mol. The summed E-state index contributed by atoms with van der Waals surface area (Å²) in [5.41, 5.74) is -1.92. The predicted octanol–water partition coefficient (Wildman–Crippen LogP) is 2.25. The second kappa shape index (κ2) is 5.19. The van der Waals surface area contributed by atoms with Gasteiger partial charge in [-0.1, -0.05) is 6.07 Å². The Labute approximate surface area is 114 Å². The number of Topliss-reactive ketones (excluding diaryl/α,β-unsaturated/α-hetero) is 1. The molecule has 0 N–H and O–H groups in total. The van der Waals surface area contributed by atoms with Crippen LogP contribution in [0.15, 0.2) is 18.2 Å². The number of ketones is 1. The van der Waals surface area contributed by atoms with Crippen LogP contribution in [0.25, 0.3) is 0 Å². The van der Waals surface area contributed by atoms with E-state index in [1.165, 1.54) is 26.2 Å².